The number of hydrogen-bond donors (Lipinski definition) is 0. The molecule has 3 rings (SSSR count). The first kappa shape index (κ1) is 13.3. The van der Waals surface area contributed by atoms with Crippen LogP contribution in [0.2, 0.25) is 0 Å². The van der Waals surface area contributed by atoms with Crippen LogP contribution in [0.4, 0.5) is 0 Å². The summed E-state index contributed by atoms with van der Waals surface area (Å²) in [6.07, 6.45) is 2.63. The van der Waals surface area contributed by atoms with E-state index in [4.69, 9.17) is 0 Å². The summed E-state index contributed by atoms with van der Waals surface area (Å²) < 4.78 is 2.45. The Hall–Kier alpha value is -1.72. The summed E-state index contributed by atoms with van der Waals surface area (Å²) in [5, 5.41) is 2.58. The van der Waals surface area contributed by atoms with Gasteiger partial charge in [-0.25, -0.2) is 0 Å². The van der Waals surface area contributed by atoms with E-state index in [0.717, 1.165) is 16.0 Å². The van der Waals surface area contributed by atoms with Gasteiger partial charge in [-0.3, -0.25) is 9.59 Å². The number of pyridine rings is 1. The van der Waals surface area contributed by atoms with E-state index in [0.29, 0.717) is 5.39 Å². The van der Waals surface area contributed by atoms with E-state index in [2.05, 4.69) is 6.92 Å². The fourth-order valence-electron chi connectivity index (χ4n) is 2.08. The minimum absolute atomic E-state index is 0.00798. The Bertz CT molecular complexity index is 826. The highest BCUT2D eigenvalue weighted by Gasteiger charge is 2.12. The molecule has 0 spiro atoms. The van der Waals surface area contributed by atoms with Gasteiger partial charge in [0.2, 0.25) is 0 Å². The van der Waals surface area contributed by atoms with E-state index in [9.17, 15) is 9.59 Å². The predicted octanol–water partition coefficient (Wildman–Crippen LogP) is 3.57. The van der Waals surface area contributed by atoms with E-state index in [1.165, 1.54) is 32.1 Å². The van der Waals surface area contributed by atoms with Gasteiger partial charge in [0.15, 0.2) is 5.78 Å². The Morgan fingerprint density at radius 1 is 1.25 bits per heavy atom. The lowest BCUT2D eigenvalue weighted by Crippen LogP contribution is -2.23. The molecular formula is C15H13NO2S2. The van der Waals surface area contributed by atoms with E-state index in [1.54, 1.807) is 6.20 Å². The van der Waals surface area contributed by atoms with Crippen LogP contribution >= 0.6 is 22.7 Å². The molecule has 0 amide bonds. The number of hydrogen-bond acceptors (Lipinski definition) is 4. The maximum absolute atomic E-state index is 12.2. The molecule has 0 fully saturated rings. The van der Waals surface area contributed by atoms with Gasteiger partial charge in [-0.1, -0.05) is 6.92 Å². The van der Waals surface area contributed by atoms with Crippen LogP contribution in [0.15, 0.2) is 40.6 Å². The summed E-state index contributed by atoms with van der Waals surface area (Å²) in [4.78, 5) is 26.4. The fraction of sp³-hybridized carbons (Fsp3) is 0.200. The summed E-state index contributed by atoms with van der Waals surface area (Å²) in [5.74, 6) is -0.00798. The molecule has 0 N–H and O–H groups in total. The number of fused-ring (bicyclic) bond motifs is 1. The lowest BCUT2D eigenvalue weighted by atomic mass is 10.3. The lowest BCUT2D eigenvalue weighted by molar-refractivity contribution is 0.0975. The molecule has 0 unspecified atom stereocenters. The van der Waals surface area contributed by atoms with Crippen molar-refractivity contribution >= 4 is 38.5 Å². The largest absolute Gasteiger partial charge is 0.307 e. The number of nitrogens with zero attached hydrogens (tertiary/aromatic N) is 1. The molecule has 0 aliphatic heterocycles. The summed E-state index contributed by atoms with van der Waals surface area (Å²) in [5.41, 5.74) is -0.0932. The fourth-order valence-corrected chi connectivity index (χ4v) is 3.73. The first-order chi connectivity index (χ1) is 9.69. The van der Waals surface area contributed by atoms with Crippen molar-refractivity contribution in [2.75, 3.05) is 0 Å². The predicted molar refractivity (Wildman–Crippen MR) is 84.1 cm³/mol. The quantitative estimate of drug-likeness (QED) is 0.691. The summed E-state index contributed by atoms with van der Waals surface area (Å²) in [6, 6.07) is 7.52. The van der Waals surface area contributed by atoms with E-state index < -0.39 is 0 Å². The molecule has 0 saturated heterocycles. The zero-order chi connectivity index (χ0) is 14.1. The van der Waals surface area contributed by atoms with Crippen LogP contribution in [0, 0.1) is 0 Å². The summed E-state index contributed by atoms with van der Waals surface area (Å²) in [7, 11) is 0. The van der Waals surface area contributed by atoms with Crippen molar-refractivity contribution in [2.24, 2.45) is 0 Å². The van der Waals surface area contributed by atoms with Crippen LogP contribution < -0.4 is 5.56 Å². The minimum Gasteiger partial charge on any atom is -0.307 e. The summed E-state index contributed by atoms with van der Waals surface area (Å²) in [6.45, 7) is 2.17. The van der Waals surface area contributed by atoms with E-state index in [-0.39, 0.29) is 17.9 Å². The SMILES string of the molecule is CCc1ccc(C(=O)Cn2ccc3sccc3c2=O)s1. The molecule has 0 aliphatic carbocycles. The van der Waals surface area contributed by atoms with Gasteiger partial charge in [-0.15, -0.1) is 22.7 Å². The van der Waals surface area contributed by atoms with Gasteiger partial charge in [-0.2, -0.15) is 0 Å². The molecule has 0 aromatic carbocycles. The molecule has 0 saturated carbocycles. The second-order valence-corrected chi connectivity index (χ2v) is 6.61. The van der Waals surface area contributed by atoms with Crippen LogP contribution in [0.5, 0.6) is 0 Å². The number of carbonyl (C=O) groups is 1. The smallest absolute Gasteiger partial charge is 0.259 e. The van der Waals surface area contributed by atoms with E-state index >= 15 is 0 Å². The molecule has 3 aromatic heterocycles. The maximum Gasteiger partial charge on any atom is 0.259 e. The standard InChI is InChI=1S/C15H13NO2S2/c1-2-10-3-4-14(20-10)12(17)9-16-7-5-13-11(15(16)18)6-8-19-13/h3-8H,2,9H2,1H3. The molecule has 0 aliphatic rings. The molecule has 5 heteroatoms. The van der Waals surface area contributed by atoms with Gasteiger partial charge < -0.3 is 4.57 Å². The number of aromatic nitrogens is 1. The third-order valence-corrected chi connectivity index (χ3v) is 5.34. The van der Waals surface area contributed by atoms with Crippen LogP contribution in [-0.2, 0) is 13.0 Å². The first-order valence-electron chi connectivity index (χ1n) is 6.37. The molecule has 0 radical (unpaired) electrons. The van der Waals surface area contributed by atoms with Crippen LogP contribution in [-0.4, -0.2) is 10.4 Å². The van der Waals surface area contributed by atoms with Gasteiger partial charge in [0, 0.05) is 15.8 Å². The Labute approximate surface area is 124 Å². The van der Waals surface area contributed by atoms with Crippen molar-refractivity contribution in [3.8, 4) is 0 Å². The van der Waals surface area contributed by atoms with Gasteiger partial charge in [0.25, 0.3) is 5.56 Å². The Balaban J connectivity index is 1.90. The van der Waals surface area contributed by atoms with Crippen LogP contribution in [0.1, 0.15) is 21.5 Å². The molecule has 3 nitrogen and oxygen atoms in total. The molecule has 3 heterocycles. The second kappa shape index (κ2) is 5.34. The van der Waals surface area contributed by atoms with Crippen molar-refractivity contribution in [3.05, 3.63) is 56.0 Å². The summed E-state index contributed by atoms with van der Waals surface area (Å²) >= 11 is 3.04. The molecule has 0 atom stereocenters. The topological polar surface area (TPSA) is 39.1 Å². The number of rotatable bonds is 4. The monoisotopic (exact) mass is 303 g/mol. The van der Waals surface area contributed by atoms with Crippen molar-refractivity contribution in [1.82, 2.24) is 4.57 Å². The van der Waals surface area contributed by atoms with Gasteiger partial charge in [0.05, 0.1) is 16.8 Å². The van der Waals surface area contributed by atoms with E-state index in [1.807, 2.05) is 29.6 Å². The second-order valence-electron chi connectivity index (χ2n) is 4.49. The maximum atomic E-state index is 12.2. The third-order valence-electron chi connectivity index (χ3n) is 3.19. The molecule has 20 heavy (non-hydrogen) atoms. The molecular weight excluding hydrogens is 290 g/mol. The van der Waals surface area contributed by atoms with Gasteiger partial charge in [-0.05, 0) is 36.1 Å². The Morgan fingerprint density at radius 2 is 2.10 bits per heavy atom. The van der Waals surface area contributed by atoms with Crippen molar-refractivity contribution in [1.29, 1.82) is 0 Å². The zero-order valence-corrected chi connectivity index (χ0v) is 12.6. The zero-order valence-electron chi connectivity index (χ0n) is 11.0. The Kier molecular flexibility index (Phi) is 3.54. The highest BCUT2D eigenvalue weighted by Crippen LogP contribution is 2.19. The molecule has 0 bridgehead atoms. The Morgan fingerprint density at radius 3 is 2.85 bits per heavy atom. The average Bonchev–Trinajstić information content (AvgIpc) is 3.10. The number of carbonyl (C=O) groups excluding carboxylic acids is 1. The number of Topliss-reactive ketones (excluding diaryl/α,β-unsaturated/α-hetero) is 1. The normalized spacial score (nSPS) is 11.1. The minimum atomic E-state index is -0.0932. The van der Waals surface area contributed by atoms with Crippen molar-refractivity contribution in [2.45, 2.75) is 19.9 Å². The third kappa shape index (κ3) is 2.34. The lowest BCUT2D eigenvalue weighted by Gasteiger charge is -2.03. The molecule has 102 valence electrons. The number of aryl methyl sites for hydroxylation is 1. The van der Waals surface area contributed by atoms with Gasteiger partial charge >= 0.3 is 0 Å². The number of thiophene rings is 2. The highest BCUT2D eigenvalue weighted by molar-refractivity contribution is 7.17. The average molecular weight is 303 g/mol. The molecule has 3 aromatic rings. The van der Waals surface area contributed by atoms with Gasteiger partial charge in [0.1, 0.15) is 0 Å². The highest BCUT2D eigenvalue weighted by atomic mass is 32.1. The first-order valence-corrected chi connectivity index (χ1v) is 8.07. The van der Waals surface area contributed by atoms with Crippen molar-refractivity contribution in [3.63, 3.8) is 0 Å². The number of ketones is 1. The van der Waals surface area contributed by atoms with Crippen molar-refractivity contribution < 1.29 is 4.79 Å². The van der Waals surface area contributed by atoms with Crippen LogP contribution in [0.25, 0.3) is 10.1 Å². The van der Waals surface area contributed by atoms with Crippen LogP contribution in [0.3, 0.4) is 0 Å².